The molecule has 0 spiro atoms. The quantitative estimate of drug-likeness (QED) is 0.174. The molecule has 1 atom stereocenters. The summed E-state index contributed by atoms with van der Waals surface area (Å²) in [5, 5.41) is 13.9. The van der Waals surface area contributed by atoms with Crippen LogP contribution in [0.3, 0.4) is 0 Å². The van der Waals surface area contributed by atoms with Gasteiger partial charge in [-0.05, 0) is 65.1 Å². The lowest BCUT2D eigenvalue weighted by atomic mass is 10.0. The molecule has 1 unspecified atom stereocenters. The van der Waals surface area contributed by atoms with Crippen LogP contribution in [-0.4, -0.2) is 23.7 Å². The van der Waals surface area contributed by atoms with E-state index in [0.717, 1.165) is 48.8 Å². The lowest BCUT2D eigenvalue weighted by Gasteiger charge is -2.15. The van der Waals surface area contributed by atoms with Crippen LogP contribution in [0.4, 0.5) is 5.82 Å². The number of hydrogen-bond donors (Lipinski definition) is 2. The van der Waals surface area contributed by atoms with Crippen LogP contribution in [0.1, 0.15) is 91.7 Å². The first-order valence-corrected chi connectivity index (χ1v) is 13.8. The highest BCUT2D eigenvalue weighted by Gasteiger charge is 2.25. The fourth-order valence-corrected chi connectivity index (χ4v) is 6.05. The van der Waals surface area contributed by atoms with Crippen molar-refractivity contribution in [2.45, 2.75) is 77.4 Å². The third kappa shape index (κ3) is 5.66. The van der Waals surface area contributed by atoms with Crippen molar-refractivity contribution < 1.29 is 9.84 Å². The van der Waals surface area contributed by atoms with Crippen LogP contribution in [0, 0.1) is 5.92 Å². The Morgan fingerprint density at radius 2 is 1.86 bits per heavy atom. The highest BCUT2D eigenvalue weighted by atomic mass is 16.6. The standard InChI is InChI=1S/C32H40N2O2/c1-3-22-12-8-13-24(17-22)18-28-21-27-20-26-19-25(32(35)36-2)14-15-29(26)30(27)31(34-28)33-16-7-6-11-23-9-4-5-10-23/h8,12-15,17,19,21,23,32,35H,3-7,9-11,16,18,20H2,1-2H3,(H,33,34). The molecular weight excluding hydrogens is 444 g/mol. The van der Waals surface area contributed by atoms with Crippen molar-refractivity contribution in [1.29, 1.82) is 0 Å². The van der Waals surface area contributed by atoms with Crippen LogP contribution in [0.5, 0.6) is 0 Å². The molecule has 4 nitrogen and oxygen atoms in total. The zero-order chi connectivity index (χ0) is 24.9. The lowest BCUT2D eigenvalue weighted by Crippen LogP contribution is -2.08. The molecular formula is C32H40N2O2. The normalized spacial score (nSPS) is 15.6. The first-order chi connectivity index (χ1) is 17.6. The largest absolute Gasteiger partial charge is 0.370 e. The minimum Gasteiger partial charge on any atom is -0.370 e. The van der Waals surface area contributed by atoms with Crippen LogP contribution in [0.15, 0.2) is 48.5 Å². The fraction of sp³-hybridized carbons (Fsp3) is 0.469. The molecule has 3 aromatic rings. The number of anilines is 1. The highest BCUT2D eigenvalue weighted by molar-refractivity contribution is 5.85. The van der Waals surface area contributed by atoms with E-state index in [1.807, 2.05) is 6.07 Å². The molecule has 0 bridgehead atoms. The van der Waals surface area contributed by atoms with Gasteiger partial charge >= 0.3 is 0 Å². The second-order valence-electron chi connectivity index (χ2n) is 10.6. The molecule has 0 radical (unpaired) electrons. The molecule has 0 aliphatic heterocycles. The Bertz CT molecular complexity index is 1180. The molecule has 1 saturated carbocycles. The Morgan fingerprint density at radius 1 is 1.03 bits per heavy atom. The van der Waals surface area contributed by atoms with Gasteiger partial charge in [0, 0.05) is 36.9 Å². The van der Waals surface area contributed by atoms with E-state index in [1.165, 1.54) is 85.4 Å². The van der Waals surface area contributed by atoms with E-state index in [9.17, 15) is 5.11 Å². The van der Waals surface area contributed by atoms with Crippen molar-refractivity contribution in [1.82, 2.24) is 4.98 Å². The molecule has 2 N–H and O–H groups in total. The van der Waals surface area contributed by atoms with Gasteiger partial charge in [0.05, 0.1) is 0 Å². The number of unbranched alkanes of at least 4 members (excludes halogenated alkanes) is 1. The smallest absolute Gasteiger partial charge is 0.180 e. The van der Waals surface area contributed by atoms with Gasteiger partial charge in [-0.25, -0.2) is 4.98 Å². The lowest BCUT2D eigenvalue weighted by molar-refractivity contribution is -0.0769. The van der Waals surface area contributed by atoms with Gasteiger partial charge in [-0.1, -0.05) is 81.8 Å². The van der Waals surface area contributed by atoms with Gasteiger partial charge in [-0.15, -0.1) is 0 Å². The van der Waals surface area contributed by atoms with Gasteiger partial charge in [0.2, 0.25) is 0 Å². The maximum absolute atomic E-state index is 10.2. The van der Waals surface area contributed by atoms with Gasteiger partial charge in [0.15, 0.2) is 6.29 Å². The number of rotatable bonds is 11. The molecule has 1 aromatic heterocycles. The van der Waals surface area contributed by atoms with Crippen LogP contribution >= 0.6 is 0 Å². The maximum atomic E-state index is 10.2. The summed E-state index contributed by atoms with van der Waals surface area (Å²) < 4.78 is 5.14. The number of benzene rings is 2. The molecule has 0 saturated heterocycles. The van der Waals surface area contributed by atoms with Crippen molar-refractivity contribution in [3.63, 3.8) is 0 Å². The third-order valence-corrected chi connectivity index (χ3v) is 8.03. The van der Waals surface area contributed by atoms with Crippen molar-refractivity contribution >= 4 is 5.82 Å². The van der Waals surface area contributed by atoms with Crippen molar-refractivity contribution in [3.05, 3.63) is 82.0 Å². The molecule has 190 valence electrons. The van der Waals surface area contributed by atoms with Crippen LogP contribution < -0.4 is 5.32 Å². The average molecular weight is 485 g/mol. The Balaban J connectivity index is 1.37. The second-order valence-corrected chi connectivity index (χ2v) is 10.6. The molecule has 0 amide bonds. The van der Waals surface area contributed by atoms with Crippen LogP contribution in [0.25, 0.3) is 11.1 Å². The van der Waals surface area contributed by atoms with E-state index >= 15 is 0 Å². The van der Waals surface area contributed by atoms with Crippen molar-refractivity contribution in [2.24, 2.45) is 5.92 Å². The number of nitrogens with zero attached hydrogens (tertiary/aromatic N) is 1. The number of hydrogen-bond acceptors (Lipinski definition) is 4. The summed E-state index contributed by atoms with van der Waals surface area (Å²) in [6.45, 7) is 3.16. The Morgan fingerprint density at radius 3 is 2.67 bits per heavy atom. The molecule has 2 aliphatic rings. The predicted molar refractivity (Wildman–Crippen MR) is 147 cm³/mol. The number of ether oxygens (including phenoxy) is 1. The zero-order valence-electron chi connectivity index (χ0n) is 21.9. The molecule has 1 fully saturated rings. The SMILES string of the molecule is CCc1cccc(Cc2cc3c(c(NCCCCC4CCCC4)n2)-c2ccc(C(O)OC)cc2C3)c1. The zero-order valence-corrected chi connectivity index (χ0v) is 21.9. The monoisotopic (exact) mass is 484 g/mol. The second kappa shape index (κ2) is 11.6. The number of aliphatic hydroxyl groups is 1. The number of aromatic nitrogens is 1. The molecule has 4 heteroatoms. The molecule has 1 heterocycles. The number of aliphatic hydroxyl groups excluding tert-OH is 1. The maximum Gasteiger partial charge on any atom is 0.180 e. The fourth-order valence-electron chi connectivity index (χ4n) is 6.05. The van der Waals surface area contributed by atoms with Gasteiger partial charge in [0.1, 0.15) is 5.82 Å². The third-order valence-electron chi connectivity index (χ3n) is 8.03. The van der Waals surface area contributed by atoms with Crippen molar-refractivity contribution in [3.8, 4) is 11.1 Å². The number of methoxy groups -OCH3 is 1. The number of pyridine rings is 1. The van der Waals surface area contributed by atoms with E-state index in [-0.39, 0.29) is 0 Å². The summed E-state index contributed by atoms with van der Waals surface area (Å²) in [5.41, 5.74) is 9.59. The van der Waals surface area contributed by atoms with E-state index in [1.54, 1.807) is 0 Å². The number of fused-ring (bicyclic) bond motifs is 3. The van der Waals surface area contributed by atoms with E-state index in [2.05, 4.69) is 54.7 Å². The summed E-state index contributed by atoms with van der Waals surface area (Å²) in [6, 6.07) is 17.3. The Kier molecular flexibility index (Phi) is 8.03. The summed E-state index contributed by atoms with van der Waals surface area (Å²) in [5.74, 6) is 1.96. The number of aryl methyl sites for hydroxylation is 1. The van der Waals surface area contributed by atoms with Crippen molar-refractivity contribution in [2.75, 3.05) is 19.0 Å². The summed E-state index contributed by atoms with van der Waals surface area (Å²) in [7, 11) is 1.53. The van der Waals surface area contributed by atoms with E-state index in [4.69, 9.17) is 9.72 Å². The predicted octanol–water partition coefficient (Wildman–Crippen LogP) is 7.22. The Labute approximate surface area is 216 Å². The minimum atomic E-state index is -0.893. The topological polar surface area (TPSA) is 54.4 Å². The average Bonchev–Trinajstić information content (AvgIpc) is 3.55. The molecule has 2 aromatic carbocycles. The van der Waals surface area contributed by atoms with E-state index in [0.29, 0.717) is 0 Å². The highest BCUT2D eigenvalue weighted by Crippen LogP contribution is 2.42. The van der Waals surface area contributed by atoms with Gasteiger partial charge in [0.25, 0.3) is 0 Å². The summed E-state index contributed by atoms with van der Waals surface area (Å²) in [4.78, 5) is 5.16. The molecule has 5 rings (SSSR count). The van der Waals surface area contributed by atoms with E-state index < -0.39 is 6.29 Å². The first-order valence-electron chi connectivity index (χ1n) is 13.8. The molecule has 2 aliphatic carbocycles. The summed E-state index contributed by atoms with van der Waals surface area (Å²) in [6.07, 6.45) is 11.4. The van der Waals surface area contributed by atoms with Gasteiger partial charge in [-0.3, -0.25) is 0 Å². The van der Waals surface area contributed by atoms with Crippen LogP contribution in [-0.2, 0) is 24.0 Å². The van der Waals surface area contributed by atoms with Gasteiger partial charge in [-0.2, -0.15) is 0 Å². The number of nitrogens with one attached hydrogen (secondary N) is 1. The first kappa shape index (κ1) is 25.0. The summed E-state index contributed by atoms with van der Waals surface area (Å²) >= 11 is 0. The van der Waals surface area contributed by atoms with Gasteiger partial charge < -0.3 is 15.2 Å². The Hall–Kier alpha value is -2.69. The molecule has 36 heavy (non-hydrogen) atoms. The minimum absolute atomic E-state index is 0.801. The van der Waals surface area contributed by atoms with Crippen LogP contribution in [0.2, 0.25) is 0 Å².